The van der Waals surface area contributed by atoms with Gasteiger partial charge >= 0.3 is 5.92 Å². The highest BCUT2D eigenvalue weighted by molar-refractivity contribution is 9.09. The van der Waals surface area contributed by atoms with Gasteiger partial charge in [-0.05, 0) is 0 Å². The first-order chi connectivity index (χ1) is 6.04. The van der Waals surface area contributed by atoms with Crippen molar-refractivity contribution in [2.45, 2.75) is 5.92 Å². The summed E-state index contributed by atoms with van der Waals surface area (Å²) in [4.78, 5) is 12.2. The number of likely N-dealkylation sites (tertiary alicyclic amines) is 1. The lowest BCUT2D eigenvalue weighted by molar-refractivity contribution is -0.150. The number of hydrogen-bond donors (Lipinski definition) is 0. The van der Waals surface area contributed by atoms with Crippen LogP contribution in [0.2, 0.25) is 0 Å². The normalized spacial score (nSPS) is 26.5. The number of carbonyl (C=O) groups is 1. The summed E-state index contributed by atoms with van der Waals surface area (Å²) >= 11 is 2.97. The summed E-state index contributed by atoms with van der Waals surface area (Å²) in [6.45, 7) is 3.70. The first-order valence-corrected chi connectivity index (χ1v) is 5.00. The van der Waals surface area contributed by atoms with Crippen LogP contribution in [0.5, 0.6) is 0 Å². The highest BCUT2D eigenvalue weighted by Gasteiger charge is 2.55. The molecule has 1 rings (SSSR count). The number of nitrogens with zero attached hydrogens (tertiary/aromatic N) is 1. The minimum atomic E-state index is -3.22. The predicted octanol–water partition coefficient (Wildman–Crippen LogP) is 1.66. The van der Waals surface area contributed by atoms with Crippen LogP contribution in [0.3, 0.4) is 0 Å². The Labute approximate surface area is 83.7 Å². The van der Waals surface area contributed by atoms with Gasteiger partial charge < -0.3 is 4.90 Å². The summed E-state index contributed by atoms with van der Waals surface area (Å²) in [5, 5.41) is 0.138. The number of carbonyl (C=O) groups excluding carboxylic acids is 1. The molecular weight excluding hydrogens is 244 g/mol. The zero-order chi connectivity index (χ0) is 10.1. The van der Waals surface area contributed by atoms with Crippen LogP contribution in [0.25, 0.3) is 0 Å². The molecule has 0 aromatic rings. The van der Waals surface area contributed by atoms with Crippen molar-refractivity contribution >= 4 is 21.8 Å². The van der Waals surface area contributed by atoms with Crippen molar-refractivity contribution in [2.75, 3.05) is 18.4 Å². The largest absolute Gasteiger partial charge is 0.333 e. The molecule has 1 aliphatic rings. The molecule has 1 aliphatic heterocycles. The smallest absolute Gasteiger partial charge is 0.330 e. The molecular formula is C8H10BrF2NO. The molecule has 1 amide bonds. The summed E-state index contributed by atoms with van der Waals surface area (Å²) in [5.74, 6) is -5.22. The number of alkyl halides is 3. The molecule has 1 unspecified atom stereocenters. The Morgan fingerprint density at radius 2 is 2.38 bits per heavy atom. The van der Waals surface area contributed by atoms with Gasteiger partial charge in [0.2, 0.25) is 0 Å². The fraction of sp³-hybridized carbons (Fsp3) is 0.625. The number of hydrogen-bond acceptors (Lipinski definition) is 1. The van der Waals surface area contributed by atoms with Gasteiger partial charge in [0.25, 0.3) is 5.91 Å². The van der Waals surface area contributed by atoms with Gasteiger partial charge in [0.1, 0.15) is 0 Å². The molecule has 13 heavy (non-hydrogen) atoms. The number of rotatable bonds is 3. The van der Waals surface area contributed by atoms with Gasteiger partial charge in [0, 0.05) is 18.4 Å². The maximum absolute atomic E-state index is 13.1. The average Bonchev–Trinajstić information content (AvgIpc) is 2.29. The maximum atomic E-state index is 13.1. The molecule has 1 atom stereocenters. The molecule has 5 heteroatoms. The van der Waals surface area contributed by atoms with E-state index in [1.165, 1.54) is 6.08 Å². The Kier molecular flexibility index (Phi) is 3.05. The van der Waals surface area contributed by atoms with Crippen LogP contribution >= 0.6 is 15.9 Å². The lowest BCUT2D eigenvalue weighted by Crippen LogP contribution is -2.35. The third-order valence-corrected chi connectivity index (χ3v) is 2.84. The first-order valence-electron chi connectivity index (χ1n) is 3.88. The molecule has 0 N–H and O–H groups in total. The zero-order valence-corrected chi connectivity index (χ0v) is 8.56. The first kappa shape index (κ1) is 10.6. The van der Waals surface area contributed by atoms with Crippen molar-refractivity contribution in [1.82, 2.24) is 4.90 Å². The molecule has 1 fully saturated rings. The molecule has 0 bridgehead atoms. The minimum absolute atomic E-state index is 0.100. The molecule has 0 aromatic carbocycles. The third kappa shape index (κ3) is 1.75. The number of amides is 1. The van der Waals surface area contributed by atoms with Gasteiger partial charge in [-0.1, -0.05) is 22.0 Å². The van der Waals surface area contributed by atoms with E-state index in [0.29, 0.717) is 0 Å². The van der Waals surface area contributed by atoms with Crippen LogP contribution in [0.4, 0.5) is 8.78 Å². The zero-order valence-electron chi connectivity index (χ0n) is 6.97. The predicted molar refractivity (Wildman–Crippen MR) is 49.0 cm³/mol. The van der Waals surface area contributed by atoms with Crippen molar-refractivity contribution in [1.29, 1.82) is 0 Å². The van der Waals surface area contributed by atoms with Crippen LogP contribution in [-0.2, 0) is 4.79 Å². The minimum Gasteiger partial charge on any atom is -0.333 e. The van der Waals surface area contributed by atoms with Crippen molar-refractivity contribution in [3.05, 3.63) is 12.7 Å². The highest BCUT2D eigenvalue weighted by atomic mass is 79.9. The van der Waals surface area contributed by atoms with Crippen LogP contribution in [0.1, 0.15) is 0 Å². The fourth-order valence-corrected chi connectivity index (χ4v) is 1.92. The molecule has 1 heterocycles. The van der Waals surface area contributed by atoms with E-state index < -0.39 is 17.7 Å². The van der Waals surface area contributed by atoms with Crippen molar-refractivity contribution in [3.63, 3.8) is 0 Å². The monoisotopic (exact) mass is 253 g/mol. The topological polar surface area (TPSA) is 20.3 Å². The molecule has 74 valence electrons. The van der Waals surface area contributed by atoms with E-state index in [1.54, 1.807) is 0 Å². The van der Waals surface area contributed by atoms with E-state index in [4.69, 9.17) is 0 Å². The fourth-order valence-electron chi connectivity index (χ4n) is 1.31. The van der Waals surface area contributed by atoms with Crippen molar-refractivity contribution in [3.8, 4) is 0 Å². The summed E-state index contributed by atoms with van der Waals surface area (Å²) in [6, 6.07) is 0. The van der Waals surface area contributed by atoms with Gasteiger partial charge in [-0.3, -0.25) is 4.79 Å². The van der Waals surface area contributed by atoms with E-state index in [1.807, 2.05) is 0 Å². The van der Waals surface area contributed by atoms with E-state index in [-0.39, 0.29) is 18.4 Å². The van der Waals surface area contributed by atoms with Crippen molar-refractivity contribution in [2.24, 2.45) is 5.92 Å². The molecule has 2 nitrogen and oxygen atoms in total. The summed E-state index contributed by atoms with van der Waals surface area (Å²) in [5.41, 5.74) is 0. The SMILES string of the molecule is C=CCN1CC(CBr)C(F)(F)C1=O. The van der Waals surface area contributed by atoms with E-state index >= 15 is 0 Å². The molecule has 1 saturated heterocycles. The molecule has 0 saturated carbocycles. The quantitative estimate of drug-likeness (QED) is 0.554. The molecule has 0 radical (unpaired) electrons. The Balaban J connectivity index is 2.78. The molecule has 0 aliphatic carbocycles. The van der Waals surface area contributed by atoms with Crippen LogP contribution in [0.15, 0.2) is 12.7 Å². The molecule has 0 aromatic heterocycles. The third-order valence-electron chi connectivity index (χ3n) is 2.06. The van der Waals surface area contributed by atoms with Crippen molar-refractivity contribution < 1.29 is 13.6 Å². The van der Waals surface area contributed by atoms with Gasteiger partial charge in [-0.25, -0.2) is 0 Å². The van der Waals surface area contributed by atoms with Gasteiger partial charge in [0.15, 0.2) is 0 Å². The van der Waals surface area contributed by atoms with Gasteiger partial charge in [-0.2, -0.15) is 8.78 Å². The average molecular weight is 254 g/mol. The second kappa shape index (κ2) is 3.74. The van der Waals surface area contributed by atoms with Crippen LogP contribution in [-0.4, -0.2) is 35.1 Å². The summed E-state index contributed by atoms with van der Waals surface area (Å²) < 4.78 is 26.2. The van der Waals surface area contributed by atoms with E-state index in [2.05, 4.69) is 22.5 Å². The van der Waals surface area contributed by atoms with Gasteiger partial charge in [-0.15, -0.1) is 6.58 Å². The summed E-state index contributed by atoms with van der Waals surface area (Å²) in [6.07, 6.45) is 1.45. The number of halogens is 3. The lowest BCUT2D eigenvalue weighted by Gasteiger charge is -2.12. The van der Waals surface area contributed by atoms with Crippen LogP contribution in [0, 0.1) is 5.92 Å². The highest BCUT2D eigenvalue weighted by Crippen LogP contribution is 2.35. The lowest BCUT2D eigenvalue weighted by atomic mass is 10.1. The second-order valence-corrected chi connectivity index (χ2v) is 3.62. The van der Waals surface area contributed by atoms with E-state index in [0.717, 1.165) is 4.90 Å². The maximum Gasteiger partial charge on any atom is 0.330 e. The second-order valence-electron chi connectivity index (χ2n) is 2.97. The summed E-state index contributed by atoms with van der Waals surface area (Å²) in [7, 11) is 0. The Bertz CT molecular complexity index is 232. The van der Waals surface area contributed by atoms with Gasteiger partial charge in [0.05, 0.1) is 5.92 Å². The van der Waals surface area contributed by atoms with E-state index in [9.17, 15) is 13.6 Å². The molecule has 0 spiro atoms. The Morgan fingerprint density at radius 3 is 2.77 bits per heavy atom. The standard InChI is InChI=1S/C8H10BrF2NO/c1-2-3-12-5-6(4-9)8(10,11)7(12)13/h2,6H,1,3-5H2. The Hall–Kier alpha value is -0.450. The Morgan fingerprint density at radius 1 is 1.77 bits per heavy atom. The van der Waals surface area contributed by atoms with Crippen LogP contribution < -0.4 is 0 Å².